The van der Waals surface area contributed by atoms with Crippen molar-refractivity contribution in [3.8, 4) is 45.1 Å². The van der Waals surface area contributed by atoms with Crippen LogP contribution in [0.25, 0.3) is 33.6 Å². The molecule has 6 atom stereocenters. The predicted molar refractivity (Wildman–Crippen MR) is 292 cm³/mol. The summed E-state index contributed by atoms with van der Waals surface area (Å²) in [5.41, 5.74) is 9.37. The largest absolute Gasteiger partial charge is 0.507 e. The second-order valence-electron chi connectivity index (χ2n) is 21.5. The third kappa shape index (κ3) is 12.4. The molecule has 3 aromatic carbocycles. The summed E-state index contributed by atoms with van der Waals surface area (Å²) in [6, 6.07) is 18.1. The minimum atomic E-state index is -0.863. The number of aromatic nitrogens is 4. The number of methoxy groups -OCH3 is 1. The lowest BCUT2D eigenvalue weighted by molar-refractivity contribution is -0.136. The van der Waals surface area contributed by atoms with Crippen LogP contribution >= 0.6 is 0 Å². The van der Waals surface area contributed by atoms with Gasteiger partial charge < -0.3 is 45.0 Å². The van der Waals surface area contributed by atoms with Crippen LogP contribution in [0, 0.1) is 17.8 Å². The van der Waals surface area contributed by atoms with E-state index < -0.39 is 24.3 Å². The molecule has 4 heterocycles. The number of carbonyl (C=O) groups excluding carboxylic acids is 4. The number of alkyl carbamates (subject to hydrolysis) is 1. The van der Waals surface area contributed by atoms with Crippen molar-refractivity contribution in [2.75, 3.05) is 20.2 Å². The summed E-state index contributed by atoms with van der Waals surface area (Å²) in [4.78, 5) is 74.3. The van der Waals surface area contributed by atoms with Gasteiger partial charge in [0.2, 0.25) is 11.8 Å². The average Bonchev–Trinajstić information content (AvgIpc) is 4.25. The molecular formula is C60H76N8O7. The fraction of sp³-hybridized carbons (Fsp3) is 0.467. The highest BCUT2D eigenvalue weighted by Gasteiger charge is 2.40. The number of amides is 4. The molecule has 15 nitrogen and oxygen atoms in total. The molecule has 15 heteroatoms. The van der Waals surface area contributed by atoms with Crippen LogP contribution in [0.4, 0.5) is 9.59 Å². The zero-order valence-electron chi connectivity index (χ0n) is 45.0. The zero-order chi connectivity index (χ0) is 53.5. The Balaban J connectivity index is 0.918. The number of phenolic OH excluding ortho intramolecular Hbond substituents is 1. The minimum absolute atomic E-state index is 0.0744. The van der Waals surface area contributed by atoms with Crippen LogP contribution in [0.15, 0.2) is 96.9 Å². The topological polar surface area (TPSA) is 195 Å². The Labute approximate surface area is 442 Å². The van der Waals surface area contributed by atoms with Crippen LogP contribution < -0.4 is 15.4 Å². The number of allylic oxidation sites excluding steroid dienone is 3. The van der Waals surface area contributed by atoms with Gasteiger partial charge in [0.05, 0.1) is 43.0 Å². The highest BCUT2D eigenvalue weighted by Crippen LogP contribution is 2.47. The van der Waals surface area contributed by atoms with Gasteiger partial charge in [-0.2, -0.15) is 0 Å². The Hall–Kier alpha value is -7.16. The molecule has 2 fully saturated rings. The van der Waals surface area contributed by atoms with E-state index in [9.17, 15) is 24.3 Å². The normalized spacial score (nSPS) is 19.5. The van der Waals surface area contributed by atoms with Gasteiger partial charge in [0.15, 0.2) is 0 Å². The van der Waals surface area contributed by atoms with E-state index in [2.05, 4.69) is 95.6 Å². The number of hydrogen-bond acceptors (Lipinski definition) is 9. The zero-order valence-corrected chi connectivity index (χ0v) is 45.0. The summed E-state index contributed by atoms with van der Waals surface area (Å²) in [5, 5.41) is 17.3. The number of aromatic hydroxyl groups is 1. The number of aromatic amines is 2. The third-order valence-corrected chi connectivity index (χ3v) is 15.4. The number of likely N-dealkylation sites (tertiary alicyclic amines) is 2. The standard InChI is InChI=1S/C60H76N8O7/c1-10-11-12-15-39-31-50(69)52(45-30-38(8)18-27-44(45)35(2)3)51(32-39)75-60(73)66-54(37(6)7)58(71)68-29-14-17-49(68)56-62-34-47(64-56)43-25-21-41(22-26-43)40-19-23-42(24-20-40)46-33-61-55(63-46)48-16-13-28-67(48)57(70)53(36(4)5)65-59(72)74-9/h19-26,30-34,36-37,44-45,48-49,53-54,69H,2,10-18,27-29H2,1,3-9H3,(H,61,63)(H,62,64)(H,65,72)(H,66,73)/t44?,45?,48?,49?,53-,54-/m0/s1. The van der Waals surface area contributed by atoms with E-state index in [1.54, 1.807) is 6.20 Å². The van der Waals surface area contributed by atoms with Crippen molar-refractivity contribution in [2.45, 2.75) is 143 Å². The lowest BCUT2D eigenvalue weighted by atomic mass is 9.73. The molecule has 75 heavy (non-hydrogen) atoms. The maximum atomic E-state index is 14.5. The Bertz CT molecular complexity index is 2860. The fourth-order valence-electron chi connectivity index (χ4n) is 11.2. The van der Waals surface area contributed by atoms with Gasteiger partial charge in [-0.25, -0.2) is 19.6 Å². The van der Waals surface area contributed by atoms with Crippen LogP contribution in [0.5, 0.6) is 11.5 Å². The van der Waals surface area contributed by atoms with Crippen molar-refractivity contribution in [3.05, 3.63) is 120 Å². The summed E-state index contributed by atoms with van der Waals surface area (Å²) in [6.45, 7) is 19.3. The summed E-state index contributed by atoms with van der Waals surface area (Å²) in [6.07, 6.45) is 13.1. The maximum Gasteiger partial charge on any atom is 0.413 e. The molecule has 8 rings (SSSR count). The van der Waals surface area contributed by atoms with E-state index in [-0.39, 0.29) is 53.3 Å². The third-order valence-electron chi connectivity index (χ3n) is 15.4. The lowest BCUT2D eigenvalue weighted by Crippen LogP contribution is -2.51. The number of H-pyrrole nitrogens is 2. The highest BCUT2D eigenvalue weighted by atomic mass is 16.6. The smallest absolute Gasteiger partial charge is 0.413 e. The SMILES string of the molecule is C=C(C)C1CCC(C)=CC1c1c(O)cc(CCCCC)cc1OC(=O)N[C@H](C(=O)N1CCCC1c1ncc(-c2ccc(-c3ccc(-c4cnc(C5CCCN5C(=O)[C@@H](NC(=O)OC)C(C)C)[nH]4)cc3)cc2)[nH]1)C(C)C. The number of carbonyl (C=O) groups is 4. The first-order chi connectivity index (χ1) is 36.0. The van der Waals surface area contributed by atoms with Gasteiger partial charge in [-0.15, -0.1) is 0 Å². The number of nitrogens with zero attached hydrogens (tertiary/aromatic N) is 4. The molecule has 0 spiro atoms. The molecule has 5 aromatic rings. The minimum Gasteiger partial charge on any atom is -0.507 e. The molecule has 3 aliphatic rings. The first kappa shape index (κ1) is 54.1. The Morgan fingerprint density at radius 1 is 0.760 bits per heavy atom. The molecule has 2 saturated heterocycles. The van der Waals surface area contributed by atoms with Gasteiger partial charge in [-0.1, -0.05) is 120 Å². The van der Waals surface area contributed by atoms with Crippen LogP contribution in [-0.2, 0) is 20.7 Å². The molecule has 398 valence electrons. The van der Waals surface area contributed by atoms with Crippen LogP contribution in [0.3, 0.4) is 0 Å². The molecule has 5 N–H and O–H groups in total. The summed E-state index contributed by atoms with van der Waals surface area (Å²) in [5.74, 6) is 0.964. The van der Waals surface area contributed by atoms with E-state index in [1.807, 2.05) is 62.7 Å². The first-order valence-corrected chi connectivity index (χ1v) is 27.0. The number of imidazole rings is 2. The van der Waals surface area contributed by atoms with E-state index in [0.29, 0.717) is 36.1 Å². The predicted octanol–water partition coefficient (Wildman–Crippen LogP) is 12.1. The van der Waals surface area contributed by atoms with Crippen LogP contribution in [0.2, 0.25) is 0 Å². The highest BCUT2D eigenvalue weighted by molar-refractivity contribution is 5.88. The van der Waals surface area contributed by atoms with Gasteiger partial charge in [-0.05, 0) is 123 Å². The number of benzene rings is 3. The first-order valence-electron chi connectivity index (χ1n) is 27.0. The van der Waals surface area contributed by atoms with Crippen molar-refractivity contribution in [1.29, 1.82) is 0 Å². The number of hydrogen-bond donors (Lipinski definition) is 5. The van der Waals surface area contributed by atoms with E-state index in [4.69, 9.17) is 19.4 Å². The summed E-state index contributed by atoms with van der Waals surface area (Å²) < 4.78 is 11.0. The van der Waals surface area contributed by atoms with Crippen LogP contribution in [0.1, 0.15) is 147 Å². The number of rotatable bonds is 18. The number of nitrogens with one attached hydrogen (secondary N) is 4. The molecule has 4 amide bonds. The Kier molecular flexibility index (Phi) is 17.3. The quantitative estimate of drug-likeness (QED) is 0.0419. The number of aryl methyl sites for hydroxylation is 1. The van der Waals surface area contributed by atoms with Gasteiger partial charge in [0.25, 0.3) is 0 Å². The lowest BCUT2D eigenvalue weighted by Gasteiger charge is -2.32. The fourth-order valence-corrected chi connectivity index (χ4v) is 11.2. The monoisotopic (exact) mass is 1020 g/mol. The van der Waals surface area contributed by atoms with E-state index >= 15 is 0 Å². The average molecular weight is 1020 g/mol. The molecular weight excluding hydrogens is 945 g/mol. The van der Waals surface area contributed by atoms with Gasteiger partial charge in [-0.3, -0.25) is 9.59 Å². The van der Waals surface area contributed by atoms with E-state index in [0.717, 1.165) is 109 Å². The Morgan fingerprint density at radius 3 is 1.75 bits per heavy atom. The van der Waals surface area contributed by atoms with Crippen molar-refractivity contribution < 1.29 is 33.8 Å². The molecule has 1 aliphatic carbocycles. The van der Waals surface area contributed by atoms with Crippen molar-refractivity contribution in [2.24, 2.45) is 17.8 Å². The van der Waals surface area contributed by atoms with Gasteiger partial charge in [0.1, 0.15) is 35.2 Å². The van der Waals surface area contributed by atoms with Gasteiger partial charge in [0, 0.05) is 24.6 Å². The Morgan fingerprint density at radius 2 is 1.27 bits per heavy atom. The number of unbranched alkanes of at least 4 members (excludes halogenated alkanes) is 2. The number of ether oxygens (including phenoxy) is 2. The second kappa shape index (κ2) is 24.0. The second-order valence-corrected chi connectivity index (χ2v) is 21.5. The van der Waals surface area contributed by atoms with Crippen LogP contribution in [-0.4, -0.2) is 91.1 Å². The number of phenols is 1. The summed E-state index contributed by atoms with van der Waals surface area (Å²) >= 11 is 0. The molecule has 0 radical (unpaired) electrons. The molecule has 0 saturated carbocycles. The maximum absolute atomic E-state index is 14.5. The molecule has 4 unspecified atom stereocenters. The molecule has 2 aliphatic heterocycles. The van der Waals surface area contributed by atoms with E-state index in [1.165, 1.54) is 12.7 Å². The van der Waals surface area contributed by atoms with Crippen molar-refractivity contribution in [1.82, 2.24) is 40.4 Å². The van der Waals surface area contributed by atoms with Crippen molar-refractivity contribution >= 4 is 24.0 Å². The molecule has 2 aromatic heterocycles. The van der Waals surface area contributed by atoms with Gasteiger partial charge >= 0.3 is 12.2 Å². The van der Waals surface area contributed by atoms with Crippen molar-refractivity contribution in [3.63, 3.8) is 0 Å². The summed E-state index contributed by atoms with van der Waals surface area (Å²) in [7, 11) is 1.29. The molecule has 0 bridgehead atoms.